The van der Waals surface area contributed by atoms with Crippen LogP contribution in [0.15, 0.2) is 35.5 Å². The minimum atomic E-state index is -0.824. The second-order valence-corrected chi connectivity index (χ2v) is 8.62. The number of nitrogens with one attached hydrogen (secondary N) is 2. The summed E-state index contributed by atoms with van der Waals surface area (Å²) in [6.45, 7) is 2.91. The summed E-state index contributed by atoms with van der Waals surface area (Å²) < 4.78 is 5.53. The normalized spacial score (nSPS) is 12.8. The summed E-state index contributed by atoms with van der Waals surface area (Å²) in [5.74, 6) is -0.837. The first-order chi connectivity index (χ1) is 16.4. The lowest BCUT2D eigenvalue weighted by molar-refractivity contribution is -0.148. The van der Waals surface area contributed by atoms with Crippen molar-refractivity contribution >= 4 is 28.7 Å². The van der Waals surface area contributed by atoms with Gasteiger partial charge in [0.1, 0.15) is 6.04 Å². The van der Waals surface area contributed by atoms with Crippen molar-refractivity contribution in [3.8, 4) is 0 Å². The van der Waals surface area contributed by atoms with Crippen LogP contribution in [0.5, 0.6) is 0 Å². The maximum absolute atomic E-state index is 12.9. The average molecular weight is 473 g/mol. The number of guanidine groups is 1. The van der Waals surface area contributed by atoms with E-state index in [1.807, 2.05) is 30.5 Å². The van der Waals surface area contributed by atoms with Gasteiger partial charge in [0.2, 0.25) is 5.91 Å². The molecule has 9 nitrogen and oxygen atoms in total. The van der Waals surface area contributed by atoms with E-state index in [-0.39, 0.29) is 5.96 Å². The molecule has 8 N–H and O–H groups in total. The number of amides is 1. The van der Waals surface area contributed by atoms with Gasteiger partial charge in [-0.2, -0.15) is 0 Å². The van der Waals surface area contributed by atoms with E-state index in [0.717, 1.165) is 35.7 Å². The molecule has 2 atom stereocenters. The van der Waals surface area contributed by atoms with Crippen molar-refractivity contribution in [3.63, 3.8) is 0 Å². The fourth-order valence-electron chi connectivity index (χ4n) is 3.80. The highest BCUT2D eigenvalue weighted by atomic mass is 16.5. The summed E-state index contributed by atoms with van der Waals surface area (Å²) in [6.07, 6.45) is 9.72. The number of benzene rings is 1. The van der Waals surface area contributed by atoms with Crippen molar-refractivity contribution in [1.29, 1.82) is 0 Å². The molecule has 0 unspecified atom stereocenters. The summed E-state index contributed by atoms with van der Waals surface area (Å²) in [4.78, 5) is 32.7. The molecule has 0 aliphatic carbocycles. The SMILES string of the molecule is CCCCCCCCOC(=O)[C@H](Cc1c[nH]c2ccccc12)NC(=O)[C@@H](N)CCCN=C(N)N. The van der Waals surface area contributed by atoms with Crippen LogP contribution in [0.25, 0.3) is 10.9 Å². The van der Waals surface area contributed by atoms with E-state index in [2.05, 4.69) is 22.2 Å². The first kappa shape index (κ1) is 27.2. The number of aromatic nitrogens is 1. The van der Waals surface area contributed by atoms with Crippen LogP contribution in [0, 0.1) is 0 Å². The molecule has 0 bridgehead atoms. The highest BCUT2D eigenvalue weighted by Crippen LogP contribution is 2.19. The molecular formula is C25H40N6O3. The fraction of sp³-hybridized carbons (Fsp3) is 0.560. The number of carbonyl (C=O) groups excluding carboxylic acids is 2. The minimum absolute atomic E-state index is 0.00456. The molecule has 0 saturated heterocycles. The van der Waals surface area contributed by atoms with Crippen LogP contribution in [0.4, 0.5) is 0 Å². The third-order valence-corrected chi connectivity index (χ3v) is 5.75. The monoisotopic (exact) mass is 472 g/mol. The van der Waals surface area contributed by atoms with E-state index in [1.165, 1.54) is 19.3 Å². The predicted octanol–water partition coefficient (Wildman–Crippen LogP) is 2.48. The average Bonchev–Trinajstić information content (AvgIpc) is 3.23. The van der Waals surface area contributed by atoms with Gasteiger partial charge in [0.15, 0.2) is 5.96 Å². The Morgan fingerprint density at radius 3 is 2.59 bits per heavy atom. The van der Waals surface area contributed by atoms with Gasteiger partial charge in [0.05, 0.1) is 12.6 Å². The predicted molar refractivity (Wildman–Crippen MR) is 136 cm³/mol. The van der Waals surface area contributed by atoms with Crippen molar-refractivity contribution in [2.75, 3.05) is 13.2 Å². The van der Waals surface area contributed by atoms with Crippen LogP contribution >= 0.6 is 0 Å². The molecule has 1 aromatic carbocycles. The molecule has 2 rings (SSSR count). The molecule has 0 aliphatic rings. The van der Waals surface area contributed by atoms with Gasteiger partial charge in [0, 0.05) is 30.1 Å². The van der Waals surface area contributed by atoms with Gasteiger partial charge in [0.25, 0.3) is 0 Å². The second kappa shape index (κ2) is 15.0. The molecule has 0 fully saturated rings. The van der Waals surface area contributed by atoms with E-state index in [1.54, 1.807) is 0 Å². The number of esters is 1. The molecule has 0 aliphatic heterocycles. The van der Waals surface area contributed by atoms with Crippen LogP contribution in [0.1, 0.15) is 63.9 Å². The zero-order chi connectivity index (χ0) is 24.8. The fourth-order valence-corrected chi connectivity index (χ4v) is 3.80. The lowest BCUT2D eigenvalue weighted by Gasteiger charge is -2.20. The van der Waals surface area contributed by atoms with Crippen LogP contribution < -0.4 is 22.5 Å². The van der Waals surface area contributed by atoms with E-state index >= 15 is 0 Å². The maximum Gasteiger partial charge on any atom is 0.328 e. The first-order valence-corrected chi connectivity index (χ1v) is 12.2. The minimum Gasteiger partial charge on any atom is -0.464 e. The molecule has 1 amide bonds. The lowest BCUT2D eigenvalue weighted by atomic mass is 10.0. The van der Waals surface area contributed by atoms with Crippen LogP contribution in [-0.2, 0) is 20.7 Å². The highest BCUT2D eigenvalue weighted by Gasteiger charge is 2.26. The summed E-state index contributed by atoms with van der Waals surface area (Å²) in [7, 11) is 0. The third-order valence-electron chi connectivity index (χ3n) is 5.75. The zero-order valence-electron chi connectivity index (χ0n) is 20.2. The van der Waals surface area contributed by atoms with Crippen LogP contribution in [0.3, 0.4) is 0 Å². The van der Waals surface area contributed by atoms with E-state index in [4.69, 9.17) is 21.9 Å². The van der Waals surface area contributed by atoms with Gasteiger partial charge in [-0.25, -0.2) is 4.79 Å². The molecule has 0 radical (unpaired) electrons. The number of hydrogen-bond donors (Lipinski definition) is 5. The van der Waals surface area contributed by atoms with Crippen LogP contribution in [-0.4, -0.2) is 48.1 Å². The molecular weight excluding hydrogens is 432 g/mol. The number of ether oxygens (including phenoxy) is 1. The van der Waals surface area contributed by atoms with Gasteiger partial charge in [-0.1, -0.05) is 57.2 Å². The molecule has 1 aromatic heterocycles. The molecule has 0 saturated carbocycles. The van der Waals surface area contributed by atoms with E-state index < -0.39 is 24.0 Å². The Hall–Kier alpha value is -3.07. The Kier molecular flexibility index (Phi) is 12.0. The number of unbranched alkanes of at least 4 members (excludes halogenated alkanes) is 5. The number of para-hydroxylation sites is 1. The Morgan fingerprint density at radius 2 is 1.82 bits per heavy atom. The summed E-state index contributed by atoms with van der Waals surface area (Å²) in [5.41, 5.74) is 18.6. The molecule has 34 heavy (non-hydrogen) atoms. The number of fused-ring (bicyclic) bond motifs is 1. The number of carbonyl (C=O) groups is 2. The molecule has 188 valence electrons. The Morgan fingerprint density at radius 1 is 1.09 bits per heavy atom. The first-order valence-electron chi connectivity index (χ1n) is 12.2. The van der Waals surface area contributed by atoms with Crippen molar-refractivity contribution in [2.24, 2.45) is 22.2 Å². The van der Waals surface area contributed by atoms with Crippen LogP contribution in [0.2, 0.25) is 0 Å². The Bertz CT molecular complexity index is 922. The number of hydrogen-bond acceptors (Lipinski definition) is 5. The lowest BCUT2D eigenvalue weighted by Crippen LogP contribution is -2.50. The van der Waals surface area contributed by atoms with Crippen molar-refractivity contribution in [2.45, 2.75) is 76.8 Å². The van der Waals surface area contributed by atoms with E-state index in [0.29, 0.717) is 32.4 Å². The maximum atomic E-state index is 12.9. The van der Waals surface area contributed by atoms with Crippen molar-refractivity contribution in [3.05, 3.63) is 36.0 Å². The smallest absolute Gasteiger partial charge is 0.328 e. The van der Waals surface area contributed by atoms with Gasteiger partial charge < -0.3 is 32.2 Å². The van der Waals surface area contributed by atoms with Crippen molar-refractivity contribution < 1.29 is 14.3 Å². The highest BCUT2D eigenvalue weighted by molar-refractivity contribution is 5.89. The number of aliphatic imine (C=N–C) groups is 1. The molecule has 1 heterocycles. The summed E-state index contributed by atoms with van der Waals surface area (Å²) >= 11 is 0. The van der Waals surface area contributed by atoms with Crippen molar-refractivity contribution in [1.82, 2.24) is 10.3 Å². The van der Waals surface area contributed by atoms with Gasteiger partial charge in [-0.05, 0) is 30.9 Å². The summed E-state index contributed by atoms with van der Waals surface area (Å²) in [6, 6.07) is 6.24. The third kappa shape index (κ3) is 9.43. The molecule has 9 heteroatoms. The number of rotatable bonds is 16. The standard InChI is InChI=1S/C25H40N6O3/c1-2-3-4-5-6-9-15-34-24(33)22(16-18-17-30-21-13-8-7-11-19(18)21)31-23(32)20(26)12-10-14-29-25(27)28/h7-8,11,13,17,20,22,30H,2-6,9-10,12,14-16,26H2,1H3,(H,31,32)(H4,27,28,29)/t20-,22-/m0/s1. The van der Waals surface area contributed by atoms with Gasteiger partial charge >= 0.3 is 5.97 Å². The Balaban J connectivity index is 1.96. The topological polar surface area (TPSA) is 162 Å². The van der Waals surface area contributed by atoms with Gasteiger partial charge in [-0.3, -0.25) is 9.79 Å². The summed E-state index contributed by atoms with van der Waals surface area (Å²) in [5, 5.41) is 3.81. The molecule has 2 aromatic rings. The number of nitrogens with zero attached hydrogens (tertiary/aromatic N) is 1. The quantitative estimate of drug-likeness (QED) is 0.109. The largest absolute Gasteiger partial charge is 0.464 e. The second-order valence-electron chi connectivity index (χ2n) is 8.62. The Labute approximate surface area is 201 Å². The van der Waals surface area contributed by atoms with Gasteiger partial charge in [-0.15, -0.1) is 0 Å². The number of aromatic amines is 1. The number of nitrogens with two attached hydrogens (primary N) is 3. The molecule has 0 spiro atoms. The zero-order valence-corrected chi connectivity index (χ0v) is 20.2. The number of H-pyrrole nitrogens is 1. The van der Waals surface area contributed by atoms with E-state index in [9.17, 15) is 9.59 Å².